The number of nitrogens with zero attached hydrogens (tertiary/aromatic N) is 2. The fourth-order valence-electron chi connectivity index (χ4n) is 1.90. The highest BCUT2D eigenvalue weighted by atomic mass is 35.5. The molecule has 7 heteroatoms. The van der Waals surface area contributed by atoms with Crippen molar-refractivity contribution < 1.29 is 9.59 Å². The Morgan fingerprint density at radius 3 is 2.75 bits per heavy atom. The summed E-state index contributed by atoms with van der Waals surface area (Å²) in [6.45, 7) is 0. The average Bonchev–Trinajstić information content (AvgIpc) is 2.39. The Bertz CT molecular complexity index is 584. The third-order valence-electron chi connectivity index (χ3n) is 2.85. The summed E-state index contributed by atoms with van der Waals surface area (Å²) in [5.41, 5.74) is 3.93. The summed E-state index contributed by atoms with van der Waals surface area (Å²) in [7, 11) is 3.68. The molecule has 20 heavy (non-hydrogen) atoms. The molecular formula is C13H15ClN4O2. The van der Waals surface area contributed by atoms with Gasteiger partial charge in [-0.25, -0.2) is 5.43 Å². The van der Waals surface area contributed by atoms with Gasteiger partial charge in [0, 0.05) is 26.9 Å². The van der Waals surface area contributed by atoms with Gasteiger partial charge in [0.15, 0.2) is 0 Å². The summed E-state index contributed by atoms with van der Waals surface area (Å²) in [6.07, 6.45) is 0.595. The van der Waals surface area contributed by atoms with Crippen LogP contribution in [0.4, 0.5) is 11.4 Å². The third kappa shape index (κ3) is 3.08. The first kappa shape index (κ1) is 14.3. The average molecular weight is 295 g/mol. The molecule has 6 nitrogen and oxygen atoms in total. The van der Waals surface area contributed by atoms with Crippen molar-refractivity contribution in [3.05, 3.63) is 23.2 Å². The van der Waals surface area contributed by atoms with Gasteiger partial charge in [0.25, 0.3) is 5.91 Å². The van der Waals surface area contributed by atoms with Crippen molar-refractivity contribution in [3.63, 3.8) is 0 Å². The van der Waals surface area contributed by atoms with Crippen molar-refractivity contribution >= 4 is 40.5 Å². The van der Waals surface area contributed by atoms with Crippen molar-refractivity contribution in [2.24, 2.45) is 5.10 Å². The number of hydrazone groups is 1. The number of anilines is 2. The van der Waals surface area contributed by atoms with Crippen molar-refractivity contribution in [1.29, 1.82) is 0 Å². The number of benzene rings is 1. The first-order valence-electron chi connectivity index (χ1n) is 6.11. The zero-order chi connectivity index (χ0) is 14.7. The molecule has 0 fully saturated rings. The molecule has 0 saturated heterocycles. The van der Waals surface area contributed by atoms with E-state index in [1.807, 2.05) is 19.0 Å². The van der Waals surface area contributed by atoms with E-state index in [1.165, 1.54) is 0 Å². The molecule has 1 aromatic carbocycles. The van der Waals surface area contributed by atoms with E-state index in [0.29, 0.717) is 22.8 Å². The molecule has 0 unspecified atom stereocenters. The molecule has 0 bridgehead atoms. The highest BCUT2D eigenvalue weighted by Crippen LogP contribution is 2.32. The van der Waals surface area contributed by atoms with Gasteiger partial charge in [0.2, 0.25) is 5.91 Å². The fraction of sp³-hybridized carbons (Fsp3) is 0.308. The summed E-state index contributed by atoms with van der Waals surface area (Å²) in [4.78, 5) is 24.9. The molecule has 2 rings (SSSR count). The quantitative estimate of drug-likeness (QED) is 0.889. The van der Waals surface area contributed by atoms with Crippen LogP contribution in [0.5, 0.6) is 0 Å². The van der Waals surface area contributed by atoms with E-state index in [1.54, 1.807) is 18.2 Å². The molecule has 106 valence electrons. The number of para-hydroxylation sites is 1. The number of nitrogens with one attached hydrogen (secondary N) is 2. The zero-order valence-corrected chi connectivity index (χ0v) is 12.0. The van der Waals surface area contributed by atoms with Gasteiger partial charge in [-0.2, -0.15) is 5.10 Å². The van der Waals surface area contributed by atoms with Crippen LogP contribution in [0.25, 0.3) is 0 Å². The molecule has 0 spiro atoms. The Morgan fingerprint density at radius 2 is 2.15 bits per heavy atom. The molecule has 0 saturated carbocycles. The van der Waals surface area contributed by atoms with Gasteiger partial charge in [-0.15, -0.1) is 0 Å². The van der Waals surface area contributed by atoms with Crippen molar-refractivity contribution in [2.45, 2.75) is 12.8 Å². The van der Waals surface area contributed by atoms with Crippen LogP contribution < -0.4 is 15.6 Å². The van der Waals surface area contributed by atoms with E-state index in [4.69, 9.17) is 11.6 Å². The van der Waals surface area contributed by atoms with E-state index >= 15 is 0 Å². The van der Waals surface area contributed by atoms with Crippen LogP contribution in [0.2, 0.25) is 5.02 Å². The van der Waals surface area contributed by atoms with Crippen LogP contribution in [0, 0.1) is 0 Å². The lowest BCUT2D eigenvalue weighted by molar-refractivity contribution is -0.121. The minimum atomic E-state index is -0.338. The van der Waals surface area contributed by atoms with Gasteiger partial charge in [0.05, 0.1) is 16.4 Å². The van der Waals surface area contributed by atoms with Gasteiger partial charge < -0.3 is 10.2 Å². The van der Waals surface area contributed by atoms with E-state index < -0.39 is 0 Å². The van der Waals surface area contributed by atoms with Gasteiger partial charge in [-0.3, -0.25) is 9.59 Å². The lowest BCUT2D eigenvalue weighted by atomic mass is 10.1. The Balaban J connectivity index is 2.20. The summed E-state index contributed by atoms with van der Waals surface area (Å²) in [6, 6.07) is 5.28. The van der Waals surface area contributed by atoms with E-state index in [0.717, 1.165) is 5.69 Å². The van der Waals surface area contributed by atoms with Crippen molar-refractivity contribution in [2.75, 3.05) is 24.3 Å². The fourth-order valence-corrected chi connectivity index (χ4v) is 2.25. The smallest absolute Gasteiger partial charge is 0.271 e. The summed E-state index contributed by atoms with van der Waals surface area (Å²) in [5.74, 6) is -0.520. The number of carbonyl (C=O) groups excluding carboxylic acids is 2. The molecule has 1 aromatic rings. The van der Waals surface area contributed by atoms with Crippen LogP contribution in [0.15, 0.2) is 23.3 Å². The highest BCUT2D eigenvalue weighted by molar-refractivity contribution is 6.44. The second kappa shape index (κ2) is 5.92. The summed E-state index contributed by atoms with van der Waals surface area (Å²) < 4.78 is 0. The van der Waals surface area contributed by atoms with Gasteiger partial charge in [-0.1, -0.05) is 17.7 Å². The molecule has 0 atom stereocenters. The van der Waals surface area contributed by atoms with Crippen molar-refractivity contribution in [3.8, 4) is 0 Å². The van der Waals surface area contributed by atoms with Gasteiger partial charge in [0.1, 0.15) is 5.71 Å². The Morgan fingerprint density at radius 1 is 1.40 bits per heavy atom. The summed E-state index contributed by atoms with van der Waals surface area (Å²) in [5, 5.41) is 7.08. The maximum Gasteiger partial charge on any atom is 0.271 e. The minimum Gasteiger partial charge on any atom is -0.375 e. The van der Waals surface area contributed by atoms with Gasteiger partial charge in [-0.05, 0) is 12.1 Å². The molecule has 1 aliphatic rings. The van der Waals surface area contributed by atoms with E-state index in [2.05, 4.69) is 15.8 Å². The first-order valence-corrected chi connectivity index (χ1v) is 6.49. The molecule has 1 heterocycles. The maximum atomic E-state index is 12.1. The predicted octanol–water partition coefficient (Wildman–Crippen LogP) is 1.61. The monoisotopic (exact) mass is 294 g/mol. The first-order chi connectivity index (χ1) is 9.49. The number of halogens is 1. The topological polar surface area (TPSA) is 73.8 Å². The minimum absolute atomic E-state index is 0.182. The number of carbonyl (C=O) groups is 2. The van der Waals surface area contributed by atoms with Crippen LogP contribution in [-0.2, 0) is 9.59 Å². The second-order valence-electron chi connectivity index (χ2n) is 4.58. The summed E-state index contributed by atoms with van der Waals surface area (Å²) >= 11 is 6.13. The van der Waals surface area contributed by atoms with Crippen molar-refractivity contribution in [1.82, 2.24) is 5.43 Å². The lowest BCUT2D eigenvalue weighted by Crippen LogP contribution is -2.33. The highest BCUT2D eigenvalue weighted by Gasteiger charge is 2.20. The van der Waals surface area contributed by atoms with Crippen LogP contribution in [0.1, 0.15) is 12.8 Å². The Labute approximate surface area is 121 Å². The predicted molar refractivity (Wildman–Crippen MR) is 79.2 cm³/mol. The number of hydrogen-bond donors (Lipinski definition) is 2. The molecular weight excluding hydrogens is 280 g/mol. The Kier molecular flexibility index (Phi) is 4.24. The Hall–Kier alpha value is -2.08. The molecule has 2 N–H and O–H groups in total. The maximum absolute atomic E-state index is 12.1. The van der Waals surface area contributed by atoms with Crippen LogP contribution in [0.3, 0.4) is 0 Å². The van der Waals surface area contributed by atoms with E-state index in [-0.39, 0.29) is 18.2 Å². The second-order valence-corrected chi connectivity index (χ2v) is 4.99. The third-order valence-corrected chi connectivity index (χ3v) is 3.15. The number of rotatable bonds is 3. The normalized spacial score (nSPS) is 14.3. The molecule has 0 aliphatic carbocycles. The van der Waals surface area contributed by atoms with Gasteiger partial charge >= 0.3 is 0 Å². The molecule has 2 amide bonds. The molecule has 0 aromatic heterocycles. The zero-order valence-electron chi connectivity index (χ0n) is 11.2. The largest absolute Gasteiger partial charge is 0.375 e. The molecule has 0 radical (unpaired) electrons. The number of hydrogen-bond acceptors (Lipinski definition) is 4. The van der Waals surface area contributed by atoms with Crippen LogP contribution in [-0.4, -0.2) is 31.6 Å². The van der Waals surface area contributed by atoms with Crippen LogP contribution >= 0.6 is 11.6 Å². The SMILES string of the molecule is CN(C)c1c(Cl)cccc1NC(=O)C1=NNC(=O)CC1. The standard InChI is InChI=1S/C13H15ClN4O2/c1-18(2)12-8(14)4-3-5-9(12)15-13(20)10-6-7-11(19)17-16-10/h3-5H,6-7H2,1-2H3,(H,15,20)(H,17,19). The molecule has 1 aliphatic heterocycles. The number of amides is 2. The van der Waals surface area contributed by atoms with E-state index in [9.17, 15) is 9.59 Å². The lowest BCUT2D eigenvalue weighted by Gasteiger charge is -2.20.